The number of nitrogens with zero attached hydrogens (tertiary/aromatic N) is 2. The number of rotatable bonds is 18. The van der Waals surface area contributed by atoms with Gasteiger partial charge in [0.25, 0.3) is 0 Å². The van der Waals surface area contributed by atoms with Crippen LogP contribution in [0.4, 0.5) is 0 Å². The first-order valence-corrected chi connectivity index (χ1v) is 12.9. The lowest BCUT2D eigenvalue weighted by Gasteiger charge is -2.28. The van der Waals surface area contributed by atoms with E-state index in [-0.39, 0.29) is 0 Å². The first kappa shape index (κ1) is 24.7. The van der Waals surface area contributed by atoms with Gasteiger partial charge in [-0.25, -0.2) is 4.98 Å². The van der Waals surface area contributed by atoms with Gasteiger partial charge in [0.05, 0.1) is 6.33 Å². The third kappa shape index (κ3) is 9.96. The second-order valence-electron chi connectivity index (χ2n) is 9.11. The Hall–Kier alpha value is -1.57. The second-order valence-corrected chi connectivity index (χ2v) is 9.11. The van der Waals surface area contributed by atoms with E-state index in [1.165, 1.54) is 102 Å². The normalized spacial score (nSPS) is 13.4. The van der Waals surface area contributed by atoms with Crippen LogP contribution in [0, 0.1) is 5.92 Å². The summed E-state index contributed by atoms with van der Waals surface area (Å²) in [5.74, 6) is 0.690. The number of imidazole rings is 1. The van der Waals surface area contributed by atoms with Gasteiger partial charge in [-0.3, -0.25) is 0 Å². The zero-order valence-corrected chi connectivity index (χ0v) is 19.8. The predicted octanol–water partition coefficient (Wildman–Crippen LogP) is 8.78. The van der Waals surface area contributed by atoms with Gasteiger partial charge in [0.2, 0.25) is 0 Å². The molecule has 0 saturated heterocycles. The Balaban J connectivity index is 1.66. The van der Waals surface area contributed by atoms with Crippen LogP contribution >= 0.6 is 0 Å². The summed E-state index contributed by atoms with van der Waals surface area (Å²) in [6, 6.07) is 11.6. The first-order valence-electron chi connectivity index (χ1n) is 12.9. The van der Waals surface area contributed by atoms with Crippen LogP contribution < -0.4 is 0 Å². The first-order chi connectivity index (χ1) is 14.8. The molecular weight excluding hydrogens is 364 g/mol. The molecule has 2 unspecified atom stereocenters. The van der Waals surface area contributed by atoms with Crippen LogP contribution in [0.5, 0.6) is 0 Å². The van der Waals surface area contributed by atoms with Crippen molar-refractivity contribution in [3.05, 3.63) is 54.6 Å². The summed E-state index contributed by atoms with van der Waals surface area (Å²) in [4.78, 5) is 4.31. The smallest absolute Gasteiger partial charge is 0.0948 e. The number of hydrogen-bond acceptors (Lipinski definition) is 1. The van der Waals surface area contributed by atoms with Gasteiger partial charge in [0.15, 0.2) is 0 Å². The summed E-state index contributed by atoms with van der Waals surface area (Å²) in [6.45, 7) is 4.62. The highest BCUT2D eigenvalue weighted by atomic mass is 15.1. The Morgan fingerprint density at radius 1 is 0.767 bits per heavy atom. The largest absolute Gasteiger partial charge is 0.334 e. The fraction of sp³-hybridized carbons (Fsp3) is 0.679. The maximum atomic E-state index is 4.31. The molecule has 0 radical (unpaired) electrons. The van der Waals surface area contributed by atoms with Crippen LogP contribution in [0.1, 0.15) is 115 Å². The van der Waals surface area contributed by atoms with Crippen LogP contribution in [0.25, 0.3) is 0 Å². The molecule has 2 heteroatoms. The molecule has 0 aliphatic heterocycles. The lowest BCUT2D eigenvalue weighted by Crippen LogP contribution is -2.20. The number of hydrogen-bond donors (Lipinski definition) is 0. The Labute approximate surface area is 186 Å². The van der Waals surface area contributed by atoms with Gasteiger partial charge in [-0.2, -0.15) is 0 Å². The molecule has 2 nitrogen and oxygen atoms in total. The molecule has 1 heterocycles. The van der Waals surface area contributed by atoms with Crippen molar-refractivity contribution >= 4 is 0 Å². The van der Waals surface area contributed by atoms with Crippen LogP contribution in [0.15, 0.2) is 49.1 Å². The molecule has 0 fully saturated rings. The van der Waals surface area contributed by atoms with E-state index in [9.17, 15) is 0 Å². The highest BCUT2D eigenvalue weighted by Gasteiger charge is 2.21. The van der Waals surface area contributed by atoms with Crippen molar-refractivity contribution in [3.63, 3.8) is 0 Å². The third-order valence-electron chi connectivity index (χ3n) is 6.64. The molecule has 0 bridgehead atoms. The SMILES string of the molecule is CCCCCCCCCCCCCCC(Cc1ccccc1)C(CC)n1ccnc1. The van der Waals surface area contributed by atoms with Crippen molar-refractivity contribution < 1.29 is 0 Å². The molecule has 0 saturated carbocycles. The van der Waals surface area contributed by atoms with Gasteiger partial charge in [0, 0.05) is 18.4 Å². The van der Waals surface area contributed by atoms with E-state index < -0.39 is 0 Å². The topological polar surface area (TPSA) is 17.8 Å². The van der Waals surface area contributed by atoms with E-state index in [4.69, 9.17) is 0 Å². The predicted molar refractivity (Wildman–Crippen MR) is 131 cm³/mol. The summed E-state index contributed by atoms with van der Waals surface area (Å²) in [7, 11) is 0. The number of unbranched alkanes of at least 4 members (excludes halogenated alkanes) is 11. The number of aromatic nitrogens is 2. The van der Waals surface area contributed by atoms with Crippen LogP contribution in [-0.4, -0.2) is 9.55 Å². The summed E-state index contributed by atoms with van der Waals surface area (Å²) < 4.78 is 2.34. The van der Waals surface area contributed by atoms with Crippen molar-refractivity contribution in [1.82, 2.24) is 9.55 Å². The van der Waals surface area contributed by atoms with E-state index in [1.807, 2.05) is 12.5 Å². The van der Waals surface area contributed by atoms with Gasteiger partial charge in [-0.15, -0.1) is 0 Å². The molecule has 0 amide bonds. The van der Waals surface area contributed by atoms with Crippen molar-refractivity contribution in [2.75, 3.05) is 0 Å². The van der Waals surface area contributed by atoms with Crippen LogP contribution in [0.3, 0.4) is 0 Å². The van der Waals surface area contributed by atoms with E-state index in [2.05, 4.69) is 59.9 Å². The quantitative estimate of drug-likeness (QED) is 0.224. The van der Waals surface area contributed by atoms with Gasteiger partial charge >= 0.3 is 0 Å². The molecule has 2 rings (SSSR count). The van der Waals surface area contributed by atoms with Gasteiger partial charge in [-0.05, 0) is 30.7 Å². The maximum absolute atomic E-state index is 4.31. The lowest BCUT2D eigenvalue weighted by molar-refractivity contribution is 0.290. The highest BCUT2D eigenvalue weighted by Crippen LogP contribution is 2.30. The molecule has 1 aromatic heterocycles. The summed E-state index contributed by atoms with van der Waals surface area (Å²) in [5, 5.41) is 0. The standard InChI is InChI=1S/C28H46N2/c1-3-5-6-7-8-9-10-11-12-13-14-18-21-27(24-26-19-16-15-17-20-26)28(4-2)30-23-22-29-25-30/h15-17,19-20,22-23,25,27-28H,3-14,18,21,24H2,1-2H3. The van der Waals surface area contributed by atoms with Gasteiger partial charge in [-0.1, -0.05) is 121 Å². The van der Waals surface area contributed by atoms with E-state index in [0.29, 0.717) is 12.0 Å². The van der Waals surface area contributed by atoms with Crippen molar-refractivity contribution in [1.29, 1.82) is 0 Å². The summed E-state index contributed by atoms with van der Waals surface area (Å²) in [5.41, 5.74) is 1.47. The van der Waals surface area contributed by atoms with Crippen molar-refractivity contribution in [2.24, 2.45) is 5.92 Å². The van der Waals surface area contributed by atoms with Gasteiger partial charge < -0.3 is 4.57 Å². The third-order valence-corrected chi connectivity index (χ3v) is 6.64. The van der Waals surface area contributed by atoms with E-state index in [0.717, 1.165) is 0 Å². The Morgan fingerprint density at radius 2 is 1.37 bits per heavy atom. The fourth-order valence-electron chi connectivity index (χ4n) is 4.85. The Bertz CT molecular complexity index is 605. The van der Waals surface area contributed by atoms with E-state index >= 15 is 0 Å². The molecule has 0 N–H and O–H groups in total. The fourth-order valence-corrected chi connectivity index (χ4v) is 4.85. The Kier molecular flexibility index (Phi) is 13.3. The average Bonchev–Trinajstić information content (AvgIpc) is 3.30. The highest BCUT2D eigenvalue weighted by molar-refractivity contribution is 5.15. The van der Waals surface area contributed by atoms with Crippen molar-refractivity contribution in [2.45, 2.75) is 116 Å². The van der Waals surface area contributed by atoms with Crippen LogP contribution in [0.2, 0.25) is 0 Å². The maximum Gasteiger partial charge on any atom is 0.0948 e. The Morgan fingerprint density at radius 3 is 1.90 bits per heavy atom. The molecule has 2 aromatic rings. The minimum atomic E-state index is 0.556. The molecule has 0 aliphatic rings. The van der Waals surface area contributed by atoms with Crippen LogP contribution in [-0.2, 0) is 6.42 Å². The molecule has 0 spiro atoms. The monoisotopic (exact) mass is 410 g/mol. The molecule has 0 aliphatic carbocycles. The molecular formula is C28H46N2. The van der Waals surface area contributed by atoms with Crippen molar-refractivity contribution in [3.8, 4) is 0 Å². The minimum Gasteiger partial charge on any atom is -0.334 e. The number of benzene rings is 1. The van der Waals surface area contributed by atoms with E-state index in [1.54, 1.807) is 0 Å². The molecule has 30 heavy (non-hydrogen) atoms. The molecule has 2 atom stereocenters. The minimum absolute atomic E-state index is 0.556. The summed E-state index contributed by atoms with van der Waals surface area (Å²) in [6.07, 6.45) is 26.8. The summed E-state index contributed by atoms with van der Waals surface area (Å²) >= 11 is 0. The molecule has 168 valence electrons. The molecule has 1 aromatic carbocycles. The van der Waals surface area contributed by atoms with Gasteiger partial charge in [0.1, 0.15) is 0 Å². The lowest BCUT2D eigenvalue weighted by atomic mass is 9.86. The second kappa shape index (κ2) is 16.2. The average molecular weight is 411 g/mol. The zero-order valence-electron chi connectivity index (χ0n) is 19.8. The zero-order chi connectivity index (χ0) is 21.3.